The largest absolute Gasteiger partial charge is 0.355 e. The molecule has 0 aliphatic carbocycles. The number of benzene rings is 2. The second kappa shape index (κ2) is 10.4. The van der Waals surface area contributed by atoms with Gasteiger partial charge in [-0.3, -0.25) is 10.2 Å². The van der Waals surface area contributed by atoms with E-state index in [1.807, 2.05) is 25.3 Å². The minimum Gasteiger partial charge on any atom is -0.355 e. The summed E-state index contributed by atoms with van der Waals surface area (Å²) in [5, 5.41) is 10.2. The van der Waals surface area contributed by atoms with Crippen LogP contribution in [-0.4, -0.2) is 55.2 Å². The van der Waals surface area contributed by atoms with Crippen molar-refractivity contribution in [1.82, 2.24) is 20.9 Å². The number of aliphatic imine (C=N–C) groups is 1. The Bertz CT molecular complexity index is 974. The van der Waals surface area contributed by atoms with Crippen molar-refractivity contribution in [3.05, 3.63) is 83.3 Å². The van der Waals surface area contributed by atoms with Gasteiger partial charge in [0.05, 0.1) is 5.71 Å². The summed E-state index contributed by atoms with van der Waals surface area (Å²) < 4.78 is 13.4. The van der Waals surface area contributed by atoms with Gasteiger partial charge in [0.2, 0.25) is 0 Å². The van der Waals surface area contributed by atoms with Crippen molar-refractivity contribution in [3.63, 3.8) is 0 Å². The molecular formula is C25H33FN6. The van der Waals surface area contributed by atoms with Gasteiger partial charge in [-0.1, -0.05) is 30.3 Å². The summed E-state index contributed by atoms with van der Waals surface area (Å²) in [6, 6.07) is 15.7. The monoisotopic (exact) mass is 436 g/mol. The number of piperazine rings is 1. The van der Waals surface area contributed by atoms with Crippen molar-refractivity contribution in [2.24, 2.45) is 10.7 Å². The minimum atomic E-state index is -0.614. The maximum absolute atomic E-state index is 13.4. The average Bonchev–Trinajstić information content (AvgIpc) is 2.80. The number of allylic oxidation sites excluding steroid dienone is 1. The summed E-state index contributed by atoms with van der Waals surface area (Å²) in [6.45, 7) is 7.18. The quantitative estimate of drug-likeness (QED) is 0.509. The van der Waals surface area contributed by atoms with Crippen molar-refractivity contribution in [2.75, 3.05) is 32.7 Å². The Morgan fingerprint density at radius 2 is 2.06 bits per heavy atom. The predicted octanol–water partition coefficient (Wildman–Crippen LogP) is 1.97. The average molecular weight is 437 g/mol. The second-order valence-corrected chi connectivity index (χ2v) is 8.62. The van der Waals surface area contributed by atoms with Crippen LogP contribution in [0.5, 0.6) is 0 Å². The molecule has 0 bridgehead atoms. The Kier molecular flexibility index (Phi) is 7.32. The Morgan fingerprint density at radius 1 is 1.22 bits per heavy atom. The highest BCUT2D eigenvalue weighted by atomic mass is 19.1. The Morgan fingerprint density at radius 3 is 2.91 bits per heavy atom. The molecule has 2 unspecified atom stereocenters. The minimum absolute atomic E-state index is 0.203. The molecule has 2 heterocycles. The number of rotatable bonds is 8. The lowest BCUT2D eigenvalue weighted by molar-refractivity contribution is 0.158. The molecule has 32 heavy (non-hydrogen) atoms. The molecule has 0 spiro atoms. The van der Waals surface area contributed by atoms with E-state index < -0.39 is 5.79 Å². The first-order chi connectivity index (χ1) is 15.5. The molecule has 170 valence electrons. The lowest BCUT2D eigenvalue weighted by Gasteiger charge is -2.35. The lowest BCUT2D eigenvalue weighted by atomic mass is 10.0. The van der Waals surface area contributed by atoms with E-state index in [1.54, 1.807) is 12.1 Å². The number of nitrogens with two attached hydrogens (primary N) is 1. The van der Waals surface area contributed by atoms with Crippen LogP contribution < -0.4 is 21.7 Å². The first-order valence-corrected chi connectivity index (χ1v) is 11.3. The summed E-state index contributed by atoms with van der Waals surface area (Å²) in [7, 11) is 0. The van der Waals surface area contributed by atoms with Crippen molar-refractivity contribution in [3.8, 4) is 0 Å². The highest BCUT2D eigenvalue weighted by molar-refractivity contribution is 6.09. The summed E-state index contributed by atoms with van der Waals surface area (Å²) in [5.41, 5.74) is 10.2. The first-order valence-electron chi connectivity index (χ1n) is 11.3. The van der Waals surface area contributed by atoms with E-state index in [0.717, 1.165) is 49.4 Å². The van der Waals surface area contributed by atoms with Crippen molar-refractivity contribution >= 4 is 5.71 Å². The molecule has 5 N–H and O–H groups in total. The summed E-state index contributed by atoms with van der Waals surface area (Å²) in [6.07, 6.45) is 4.67. The van der Waals surface area contributed by atoms with Gasteiger partial charge in [0, 0.05) is 57.1 Å². The molecule has 1 saturated heterocycles. The molecule has 2 atom stereocenters. The zero-order valence-corrected chi connectivity index (χ0v) is 18.7. The predicted molar refractivity (Wildman–Crippen MR) is 128 cm³/mol. The molecule has 4 rings (SSSR count). The fraction of sp³-hybridized carbons (Fsp3) is 0.400. The topological polar surface area (TPSA) is 77.7 Å². The zero-order chi connectivity index (χ0) is 22.4. The van der Waals surface area contributed by atoms with Crippen LogP contribution in [0.25, 0.3) is 0 Å². The van der Waals surface area contributed by atoms with Gasteiger partial charge in [-0.2, -0.15) is 0 Å². The number of hydrogen-bond acceptors (Lipinski definition) is 6. The molecular weight excluding hydrogens is 403 g/mol. The van der Waals surface area contributed by atoms with Gasteiger partial charge < -0.3 is 16.4 Å². The van der Waals surface area contributed by atoms with Gasteiger partial charge in [-0.25, -0.2) is 9.38 Å². The summed E-state index contributed by atoms with van der Waals surface area (Å²) in [4.78, 5) is 7.39. The van der Waals surface area contributed by atoms with E-state index in [2.05, 4.69) is 45.1 Å². The van der Waals surface area contributed by atoms with Gasteiger partial charge >= 0.3 is 0 Å². The van der Waals surface area contributed by atoms with E-state index in [4.69, 9.17) is 10.7 Å². The Labute approximate surface area is 189 Å². The fourth-order valence-electron chi connectivity index (χ4n) is 4.29. The van der Waals surface area contributed by atoms with Crippen molar-refractivity contribution in [1.29, 1.82) is 0 Å². The second-order valence-electron chi connectivity index (χ2n) is 8.62. The third kappa shape index (κ3) is 5.81. The van der Waals surface area contributed by atoms with Crippen LogP contribution in [0.2, 0.25) is 0 Å². The van der Waals surface area contributed by atoms with Gasteiger partial charge in [0.25, 0.3) is 0 Å². The molecule has 0 radical (unpaired) electrons. The molecule has 2 aliphatic rings. The standard InChI is InChI=1S/C25H33FN6/c1-25(29-10-8-19-4-3-7-22(26)15-19)30-11-9-24(31-25)21-6-2-5-20(14-21)18-32-13-12-28-17-23(32)16-27/h2-7,9,11,14-15,23,28-30H,8,10,12-13,16-18,27H2,1H3. The number of nitrogens with zero attached hydrogens (tertiary/aromatic N) is 2. The van der Waals surface area contributed by atoms with Gasteiger partial charge in [-0.15, -0.1) is 0 Å². The van der Waals surface area contributed by atoms with Crippen molar-refractivity contribution in [2.45, 2.75) is 31.7 Å². The highest BCUT2D eigenvalue weighted by Gasteiger charge is 2.24. The molecule has 2 aromatic carbocycles. The SMILES string of the molecule is CC1(NCCc2cccc(F)c2)N=C(c2cccc(CN3CCNCC3CN)c2)C=CN1. The normalized spacial score (nSPS) is 23.6. The number of hydrogen-bond donors (Lipinski definition) is 4. The van der Waals surface area contributed by atoms with E-state index in [0.29, 0.717) is 19.1 Å². The molecule has 1 fully saturated rings. The molecule has 7 heteroatoms. The maximum Gasteiger partial charge on any atom is 0.182 e. The number of halogens is 1. The van der Waals surface area contributed by atoms with E-state index in [-0.39, 0.29) is 5.82 Å². The maximum atomic E-state index is 13.4. The Hall–Kier alpha value is -2.58. The zero-order valence-electron chi connectivity index (χ0n) is 18.7. The molecule has 0 amide bonds. The third-order valence-corrected chi connectivity index (χ3v) is 6.07. The van der Waals surface area contributed by atoms with Gasteiger partial charge in [0.1, 0.15) is 5.82 Å². The lowest BCUT2D eigenvalue weighted by Crippen LogP contribution is -2.53. The van der Waals surface area contributed by atoms with Crippen LogP contribution in [0, 0.1) is 5.82 Å². The fourth-order valence-corrected chi connectivity index (χ4v) is 4.29. The summed E-state index contributed by atoms with van der Waals surface area (Å²) in [5.74, 6) is -0.817. The number of nitrogens with one attached hydrogen (secondary N) is 3. The highest BCUT2D eigenvalue weighted by Crippen LogP contribution is 2.17. The van der Waals surface area contributed by atoms with Crippen molar-refractivity contribution < 1.29 is 4.39 Å². The van der Waals surface area contributed by atoms with E-state index >= 15 is 0 Å². The smallest absolute Gasteiger partial charge is 0.182 e. The summed E-state index contributed by atoms with van der Waals surface area (Å²) >= 11 is 0. The molecule has 2 aliphatic heterocycles. The van der Waals surface area contributed by atoms with E-state index in [9.17, 15) is 4.39 Å². The van der Waals surface area contributed by atoms with Crippen LogP contribution in [0.15, 0.2) is 65.8 Å². The third-order valence-electron chi connectivity index (χ3n) is 6.07. The molecule has 0 aromatic heterocycles. The Balaban J connectivity index is 1.42. The molecule has 6 nitrogen and oxygen atoms in total. The van der Waals surface area contributed by atoms with Crippen LogP contribution in [0.4, 0.5) is 4.39 Å². The van der Waals surface area contributed by atoms with Gasteiger partial charge in [0.15, 0.2) is 5.79 Å². The molecule has 0 saturated carbocycles. The first kappa shape index (κ1) is 22.6. The van der Waals surface area contributed by atoms with Crippen LogP contribution in [0.1, 0.15) is 23.6 Å². The van der Waals surface area contributed by atoms with E-state index in [1.165, 1.54) is 11.6 Å². The molecule has 2 aromatic rings. The van der Waals surface area contributed by atoms with Crippen LogP contribution in [0.3, 0.4) is 0 Å². The van der Waals surface area contributed by atoms with Crippen LogP contribution in [-0.2, 0) is 13.0 Å². The van der Waals surface area contributed by atoms with Gasteiger partial charge in [-0.05, 0) is 48.7 Å². The van der Waals surface area contributed by atoms with Crippen LogP contribution >= 0.6 is 0 Å².